The summed E-state index contributed by atoms with van der Waals surface area (Å²) in [6.07, 6.45) is 0. The molecule has 2 amide bonds. The molecule has 0 saturated heterocycles. The number of hydrogen-bond donors (Lipinski definition) is 2. The van der Waals surface area contributed by atoms with Gasteiger partial charge in [0.25, 0.3) is 11.8 Å². The SMILES string of the molecule is CC(C)c1cc(NC(=O)COc2ccccc2C(N)=O)on1. The van der Waals surface area contributed by atoms with Crippen LogP contribution >= 0.6 is 0 Å². The van der Waals surface area contributed by atoms with E-state index in [4.69, 9.17) is 15.0 Å². The van der Waals surface area contributed by atoms with E-state index in [0.29, 0.717) is 0 Å². The number of nitrogens with one attached hydrogen (secondary N) is 1. The first kappa shape index (κ1) is 15.6. The number of para-hydroxylation sites is 1. The number of amides is 2. The number of carbonyl (C=O) groups is 2. The van der Waals surface area contributed by atoms with Gasteiger partial charge in [-0.05, 0) is 18.1 Å². The average molecular weight is 303 g/mol. The van der Waals surface area contributed by atoms with Crippen LogP contribution in [0.2, 0.25) is 0 Å². The lowest BCUT2D eigenvalue weighted by Crippen LogP contribution is -2.21. The molecule has 7 heteroatoms. The number of benzene rings is 1. The minimum atomic E-state index is -0.618. The first-order chi connectivity index (χ1) is 10.5. The summed E-state index contributed by atoms with van der Waals surface area (Å²) in [6.45, 7) is 3.66. The van der Waals surface area contributed by atoms with Crippen LogP contribution in [0, 0.1) is 0 Å². The minimum Gasteiger partial charge on any atom is -0.483 e. The molecule has 0 aliphatic carbocycles. The highest BCUT2D eigenvalue weighted by atomic mass is 16.5. The predicted octanol–water partition coefficient (Wildman–Crippen LogP) is 1.91. The van der Waals surface area contributed by atoms with Crippen molar-refractivity contribution in [2.75, 3.05) is 11.9 Å². The molecule has 1 aromatic heterocycles. The van der Waals surface area contributed by atoms with Crippen molar-refractivity contribution >= 4 is 17.7 Å². The molecule has 7 nitrogen and oxygen atoms in total. The molecule has 0 bridgehead atoms. The number of carbonyl (C=O) groups excluding carboxylic acids is 2. The summed E-state index contributed by atoms with van der Waals surface area (Å²) in [5.74, 6) is -0.335. The van der Waals surface area contributed by atoms with Gasteiger partial charge >= 0.3 is 0 Å². The maximum atomic E-state index is 11.8. The minimum absolute atomic E-state index is 0.202. The third-order valence-corrected chi connectivity index (χ3v) is 2.89. The molecule has 0 aliphatic heterocycles. The second-order valence-electron chi connectivity index (χ2n) is 4.97. The van der Waals surface area contributed by atoms with Gasteiger partial charge in [-0.2, -0.15) is 0 Å². The van der Waals surface area contributed by atoms with Crippen LogP contribution in [0.1, 0.15) is 35.8 Å². The number of anilines is 1. The van der Waals surface area contributed by atoms with E-state index in [-0.39, 0.29) is 29.7 Å². The van der Waals surface area contributed by atoms with Gasteiger partial charge in [-0.3, -0.25) is 14.9 Å². The summed E-state index contributed by atoms with van der Waals surface area (Å²) in [5, 5.41) is 6.36. The summed E-state index contributed by atoms with van der Waals surface area (Å²) >= 11 is 0. The Morgan fingerprint density at radius 2 is 2.09 bits per heavy atom. The molecule has 2 rings (SSSR count). The highest BCUT2D eigenvalue weighted by molar-refractivity contribution is 5.96. The number of primary amides is 1. The Bertz CT molecular complexity index is 679. The van der Waals surface area contributed by atoms with Gasteiger partial charge in [0.2, 0.25) is 5.88 Å². The zero-order valence-electron chi connectivity index (χ0n) is 12.3. The Kier molecular flexibility index (Phi) is 4.77. The number of aromatic nitrogens is 1. The summed E-state index contributed by atoms with van der Waals surface area (Å²) in [6, 6.07) is 8.10. The molecule has 0 saturated carbocycles. The van der Waals surface area contributed by atoms with Gasteiger partial charge in [0.1, 0.15) is 5.75 Å². The van der Waals surface area contributed by atoms with Crippen LogP contribution in [0.25, 0.3) is 0 Å². The zero-order valence-corrected chi connectivity index (χ0v) is 12.3. The smallest absolute Gasteiger partial charge is 0.264 e. The van der Waals surface area contributed by atoms with E-state index in [1.54, 1.807) is 24.3 Å². The fraction of sp³-hybridized carbons (Fsp3) is 0.267. The van der Waals surface area contributed by atoms with Gasteiger partial charge in [-0.1, -0.05) is 31.1 Å². The number of rotatable bonds is 6. The summed E-state index contributed by atoms with van der Waals surface area (Å²) in [7, 11) is 0. The molecule has 116 valence electrons. The van der Waals surface area contributed by atoms with Crippen molar-refractivity contribution < 1.29 is 18.8 Å². The van der Waals surface area contributed by atoms with Crippen molar-refractivity contribution in [3.63, 3.8) is 0 Å². The normalized spacial score (nSPS) is 10.5. The van der Waals surface area contributed by atoms with Crippen LogP contribution < -0.4 is 15.8 Å². The fourth-order valence-electron chi connectivity index (χ4n) is 1.73. The second kappa shape index (κ2) is 6.75. The van der Waals surface area contributed by atoms with Crippen molar-refractivity contribution in [2.45, 2.75) is 19.8 Å². The van der Waals surface area contributed by atoms with Gasteiger partial charge in [-0.15, -0.1) is 0 Å². The number of hydrogen-bond acceptors (Lipinski definition) is 5. The lowest BCUT2D eigenvalue weighted by Gasteiger charge is -2.08. The van der Waals surface area contributed by atoms with Crippen LogP contribution in [0.5, 0.6) is 5.75 Å². The molecule has 2 aromatic rings. The van der Waals surface area contributed by atoms with Crippen LogP contribution in [-0.2, 0) is 4.79 Å². The second-order valence-corrected chi connectivity index (χ2v) is 4.97. The average Bonchev–Trinajstić information content (AvgIpc) is 2.94. The van der Waals surface area contributed by atoms with Crippen LogP contribution in [0.3, 0.4) is 0 Å². The summed E-state index contributed by atoms with van der Waals surface area (Å²) < 4.78 is 10.3. The summed E-state index contributed by atoms with van der Waals surface area (Å²) in [5.41, 5.74) is 6.20. The molecule has 0 atom stereocenters. The highest BCUT2D eigenvalue weighted by Crippen LogP contribution is 2.18. The molecular formula is C15H17N3O4. The van der Waals surface area contributed by atoms with Gasteiger partial charge in [0.05, 0.1) is 11.3 Å². The first-order valence-corrected chi connectivity index (χ1v) is 6.75. The van der Waals surface area contributed by atoms with Gasteiger partial charge < -0.3 is 15.0 Å². The predicted molar refractivity (Wildman–Crippen MR) is 79.7 cm³/mol. The van der Waals surface area contributed by atoms with Crippen molar-refractivity contribution in [1.29, 1.82) is 0 Å². The molecule has 1 aromatic carbocycles. The van der Waals surface area contributed by atoms with Crippen LogP contribution in [0.15, 0.2) is 34.9 Å². The lowest BCUT2D eigenvalue weighted by molar-refractivity contribution is -0.118. The Morgan fingerprint density at radius 1 is 1.36 bits per heavy atom. The Hall–Kier alpha value is -2.83. The molecule has 0 spiro atoms. The third kappa shape index (κ3) is 3.85. The Labute approximate surface area is 127 Å². The summed E-state index contributed by atoms with van der Waals surface area (Å²) in [4.78, 5) is 23.0. The van der Waals surface area contributed by atoms with Gasteiger partial charge in [0, 0.05) is 6.07 Å². The van der Waals surface area contributed by atoms with Crippen molar-refractivity contribution in [3.8, 4) is 5.75 Å². The molecule has 3 N–H and O–H groups in total. The molecule has 0 aliphatic rings. The number of nitrogens with zero attached hydrogens (tertiary/aromatic N) is 1. The molecule has 22 heavy (non-hydrogen) atoms. The van der Waals surface area contributed by atoms with E-state index in [1.165, 1.54) is 6.07 Å². The Morgan fingerprint density at radius 3 is 2.73 bits per heavy atom. The number of ether oxygens (including phenoxy) is 1. The Balaban J connectivity index is 1.94. The van der Waals surface area contributed by atoms with E-state index in [1.807, 2.05) is 13.8 Å². The van der Waals surface area contributed by atoms with Gasteiger partial charge in [0.15, 0.2) is 6.61 Å². The first-order valence-electron chi connectivity index (χ1n) is 6.75. The van der Waals surface area contributed by atoms with Crippen molar-refractivity contribution in [1.82, 2.24) is 5.16 Å². The zero-order chi connectivity index (χ0) is 16.1. The third-order valence-electron chi connectivity index (χ3n) is 2.89. The maximum absolute atomic E-state index is 11.8. The van der Waals surface area contributed by atoms with E-state index in [2.05, 4.69) is 10.5 Å². The van der Waals surface area contributed by atoms with E-state index < -0.39 is 11.8 Å². The van der Waals surface area contributed by atoms with Crippen LogP contribution in [-0.4, -0.2) is 23.6 Å². The van der Waals surface area contributed by atoms with Gasteiger partial charge in [-0.25, -0.2) is 0 Å². The number of nitrogens with two attached hydrogens (primary N) is 1. The standard InChI is InChI=1S/C15H17N3O4/c1-9(2)11-7-14(22-18-11)17-13(19)8-21-12-6-4-3-5-10(12)15(16)20/h3-7,9H,8H2,1-2H3,(H2,16,20)(H,17,19). The molecule has 0 fully saturated rings. The quantitative estimate of drug-likeness (QED) is 0.847. The highest BCUT2D eigenvalue weighted by Gasteiger charge is 2.13. The van der Waals surface area contributed by atoms with Crippen LogP contribution in [0.4, 0.5) is 5.88 Å². The van der Waals surface area contributed by atoms with E-state index in [0.717, 1.165) is 5.69 Å². The monoisotopic (exact) mass is 303 g/mol. The molecule has 0 unspecified atom stereocenters. The van der Waals surface area contributed by atoms with E-state index in [9.17, 15) is 9.59 Å². The molecule has 1 heterocycles. The lowest BCUT2D eigenvalue weighted by atomic mass is 10.1. The maximum Gasteiger partial charge on any atom is 0.264 e. The van der Waals surface area contributed by atoms with Crippen molar-refractivity contribution in [2.24, 2.45) is 5.73 Å². The van der Waals surface area contributed by atoms with Crippen molar-refractivity contribution in [3.05, 3.63) is 41.6 Å². The topological polar surface area (TPSA) is 107 Å². The molecular weight excluding hydrogens is 286 g/mol. The fourth-order valence-corrected chi connectivity index (χ4v) is 1.73. The van der Waals surface area contributed by atoms with E-state index >= 15 is 0 Å². The molecule has 0 radical (unpaired) electrons. The largest absolute Gasteiger partial charge is 0.483 e.